The quantitative estimate of drug-likeness (QED) is 0.504. The maximum atomic E-state index is 12.8. The first-order valence-electron chi connectivity index (χ1n) is 7.71. The molecule has 3 rings (SSSR count). The standard InChI is InChI=1S/C19H17FN2O3/c1-13-18(11-22(2)21-13)19(23)10-9-16-7-8-17(25-16)12-24-15-5-3-14(20)4-6-15/h3-11H,12H2,1-2H3/b10-9+. The van der Waals surface area contributed by atoms with Crippen molar-refractivity contribution in [3.63, 3.8) is 0 Å². The van der Waals surface area contributed by atoms with Gasteiger partial charge in [-0.25, -0.2) is 4.39 Å². The first kappa shape index (κ1) is 16.7. The molecule has 0 N–H and O–H groups in total. The lowest BCUT2D eigenvalue weighted by Gasteiger charge is -2.03. The van der Waals surface area contributed by atoms with Crippen molar-refractivity contribution < 1.29 is 18.3 Å². The lowest BCUT2D eigenvalue weighted by molar-refractivity contribution is 0.104. The Balaban J connectivity index is 1.60. The van der Waals surface area contributed by atoms with Crippen molar-refractivity contribution in [3.05, 3.63) is 77.3 Å². The van der Waals surface area contributed by atoms with Gasteiger partial charge in [0.05, 0.1) is 11.3 Å². The van der Waals surface area contributed by atoms with Crippen LogP contribution in [0.1, 0.15) is 27.6 Å². The van der Waals surface area contributed by atoms with Gasteiger partial charge in [-0.3, -0.25) is 9.48 Å². The summed E-state index contributed by atoms with van der Waals surface area (Å²) in [6.07, 6.45) is 4.75. The Labute approximate surface area is 144 Å². The number of allylic oxidation sites excluding steroid dienone is 1. The van der Waals surface area contributed by atoms with Crippen LogP contribution < -0.4 is 4.74 Å². The van der Waals surface area contributed by atoms with Gasteiger partial charge in [0, 0.05) is 13.2 Å². The Hall–Kier alpha value is -3.15. The van der Waals surface area contributed by atoms with E-state index in [9.17, 15) is 9.18 Å². The number of aromatic nitrogens is 2. The zero-order chi connectivity index (χ0) is 17.8. The van der Waals surface area contributed by atoms with E-state index in [4.69, 9.17) is 9.15 Å². The molecule has 2 heterocycles. The van der Waals surface area contributed by atoms with E-state index in [0.717, 1.165) is 0 Å². The van der Waals surface area contributed by atoms with Crippen molar-refractivity contribution in [2.45, 2.75) is 13.5 Å². The largest absolute Gasteiger partial charge is 0.486 e. The number of ether oxygens (including phenoxy) is 1. The molecule has 5 nitrogen and oxygen atoms in total. The highest BCUT2D eigenvalue weighted by Crippen LogP contribution is 2.16. The molecule has 0 atom stereocenters. The van der Waals surface area contributed by atoms with Gasteiger partial charge in [0.1, 0.15) is 29.7 Å². The van der Waals surface area contributed by atoms with Gasteiger partial charge in [-0.15, -0.1) is 0 Å². The van der Waals surface area contributed by atoms with Gasteiger partial charge in [-0.05, 0) is 55.5 Å². The van der Waals surface area contributed by atoms with E-state index in [0.29, 0.717) is 28.5 Å². The number of nitrogens with zero attached hydrogens (tertiary/aromatic N) is 2. The minimum Gasteiger partial charge on any atom is -0.486 e. The molecule has 0 fully saturated rings. The number of aryl methyl sites for hydroxylation is 2. The van der Waals surface area contributed by atoms with E-state index in [-0.39, 0.29) is 18.2 Å². The van der Waals surface area contributed by atoms with Gasteiger partial charge >= 0.3 is 0 Å². The highest BCUT2D eigenvalue weighted by molar-refractivity contribution is 6.07. The molecule has 25 heavy (non-hydrogen) atoms. The number of carbonyl (C=O) groups is 1. The predicted octanol–water partition coefficient (Wildman–Crippen LogP) is 3.94. The van der Waals surface area contributed by atoms with E-state index in [1.165, 1.54) is 18.2 Å². The average Bonchev–Trinajstić information content (AvgIpc) is 3.18. The number of carbonyl (C=O) groups excluding carboxylic acids is 1. The Morgan fingerprint density at radius 3 is 2.72 bits per heavy atom. The lowest BCUT2D eigenvalue weighted by Crippen LogP contribution is -1.94. The van der Waals surface area contributed by atoms with E-state index in [1.54, 1.807) is 55.2 Å². The summed E-state index contributed by atoms with van der Waals surface area (Å²) in [6, 6.07) is 9.28. The van der Waals surface area contributed by atoms with Crippen molar-refractivity contribution in [2.24, 2.45) is 7.05 Å². The summed E-state index contributed by atoms with van der Waals surface area (Å²) in [5.74, 6) is 1.26. The third-order valence-electron chi connectivity index (χ3n) is 3.56. The monoisotopic (exact) mass is 340 g/mol. The van der Waals surface area contributed by atoms with Crippen LogP contribution in [-0.4, -0.2) is 15.6 Å². The Morgan fingerprint density at radius 1 is 1.28 bits per heavy atom. The molecule has 0 bridgehead atoms. The maximum absolute atomic E-state index is 12.8. The molecule has 0 aliphatic carbocycles. The number of hydrogen-bond acceptors (Lipinski definition) is 4. The number of ketones is 1. The van der Waals surface area contributed by atoms with Crippen LogP contribution in [0.25, 0.3) is 6.08 Å². The van der Waals surface area contributed by atoms with Gasteiger partial charge in [0.25, 0.3) is 0 Å². The molecule has 0 saturated heterocycles. The summed E-state index contributed by atoms with van der Waals surface area (Å²) in [5, 5.41) is 4.15. The van der Waals surface area contributed by atoms with E-state index in [2.05, 4.69) is 5.10 Å². The zero-order valence-corrected chi connectivity index (χ0v) is 13.9. The van der Waals surface area contributed by atoms with E-state index < -0.39 is 0 Å². The fourth-order valence-electron chi connectivity index (χ4n) is 2.34. The molecular weight excluding hydrogens is 323 g/mol. The van der Waals surface area contributed by atoms with Gasteiger partial charge in [-0.1, -0.05) is 0 Å². The van der Waals surface area contributed by atoms with Crippen molar-refractivity contribution in [2.75, 3.05) is 0 Å². The van der Waals surface area contributed by atoms with Crippen LogP contribution in [0.2, 0.25) is 0 Å². The van der Waals surface area contributed by atoms with Gasteiger partial charge < -0.3 is 9.15 Å². The molecule has 3 aromatic rings. The smallest absolute Gasteiger partial charge is 0.189 e. The van der Waals surface area contributed by atoms with Crippen molar-refractivity contribution in [3.8, 4) is 5.75 Å². The summed E-state index contributed by atoms with van der Waals surface area (Å²) in [4.78, 5) is 12.2. The number of benzene rings is 1. The van der Waals surface area contributed by atoms with E-state index in [1.807, 2.05) is 0 Å². The second kappa shape index (κ2) is 7.17. The molecule has 0 radical (unpaired) electrons. The van der Waals surface area contributed by atoms with Crippen molar-refractivity contribution in [1.82, 2.24) is 9.78 Å². The summed E-state index contributed by atoms with van der Waals surface area (Å²) in [5.41, 5.74) is 1.25. The number of halogens is 1. The van der Waals surface area contributed by atoms with Gasteiger partial charge in [0.2, 0.25) is 0 Å². The van der Waals surface area contributed by atoms with Crippen LogP contribution in [-0.2, 0) is 13.7 Å². The lowest BCUT2D eigenvalue weighted by atomic mass is 10.1. The highest BCUT2D eigenvalue weighted by atomic mass is 19.1. The molecule has 1 aromatic carbocycles. The molecule has 128 valence electrons. The van der Waals surface area contributed by atoms with Crippen LogP contribution in [0.15, 0.2) is 53.1 Å². The SMILES string of the molecule is Cc1nn(C)cc1C(=O)/C=C/c1ccc(COc2ccc(F)cc2)o1. The third kappa shape index (κ3) is 4.23. The molecule has 0 unspecified atom stereocenters. The number of rotatable bonds is 6. The Morgan fingerprint density at radius 2 is 2.04 bits per heavy atom. The third-order valence-corrected chi connectivity index (χ3v) is 3.56. The molecule has 0 amide bonds. The molecule has 6 heteroatoms. The van der Waals surface area contributed by atoms with Crippen LogP contribution in [0, 0.1) is 12.7 Å². The first-order valence-corrected chi connectivity index (χ1v) is 7.71. The average molecular weight is 340 g/mol. The molecule has 0 aliphatic rings. The van der Waals surface area contributed by atoms with Crippen LogP contribution in [0.4, 0.5) is 4.39 Å². The number of furan rings is 1. The van der Waals surface area contributed by atoms with Crippen LogP contribution in [0.3, 0.4) is 0 Å². The highest BCUT2D eigenvalue weighted by Gasteiger charge is 2.09. The predicted molar refractivity (Wildman–Crippen MR) is 90.7 cm³/mol. The second-order valence-electron chi connectivity index (χ2n) is 5.55. The second-order valence-corrected chi connectivity index (χ2v) is 5.55. The van der Waals surface area contributed by atoms with Crippen molar-refractivity contribution >= 4 is 11.9 Å². The molecule has 0 spiro atoms. The summed E-state index contributed by atoms with van der Waals surface area (Å²) in [6.45, 7) is 2.01. The number of hydrogen-bond donors (Lipinski definition) is 0. The fourth-order valence-corrected chi connectivity index (χ4v) is 2.34. The fraction of sp³-hybridized carbons (Fsp3) is 0.158. The topological polar surface area (TPSA) is 57.3 Å². The minimum atomic E-state index is -0.314. The summed E-state index contributed by atoms with van der Waals surface area (Å²) in [7, 11) is 1.77. The normalized spacial score (nSPS) is 11.2. The van der Waals surface area contributed by atoms with Gasteiger partial charge in [0.15, 0.2) is 5.78 Å². The minimum absolute atomic E-state index is 0.133. The summed E-state index contributed by atoms with van der Waals surface area (Å²) >= 11 is 0. The van der Waals surface area contributed by atoms with Crippen molar-refractivity contribution in [1.29, 1.82) is 0 Å². The molecule has 0 aliphatic heterocycles. The molecule has 2 aromatic heterocycles. The molecular formula is C19H17FN2O3. The van der Waals surface area contributed by atoms with Crippen LogP contribution in [0.5, 0.6) is 5.75 Å². The Kier molecular flexibility index (Phi) is 4.79. The zero-order valence-electron chi connectivity index (χ0n) is 13.9. The Bertz CT molecular complexity index is 907. The van der Waals surface area contributed by atoms with Crippen LogP contribution >= 0.6 is 0 Å². The van der Waals surface area contributed by atoms with E-state index >= 15 is 0 Å². The summed E-state index contributed by atoms with van der Waals surface area (Å²) < 4.78 is 25.5. The molecule has 0 saturated carbocycles. The van der Waals surface area contributed by atoms with Gasteiger partial charge in [-0.2, -0.15) is 5.10 Å². The first-order chi connectivity index (χ1) is 12.0. The maximum Gasteiger partial charge on any atom is 0.189 e.